The van der Waals surface area contributed by atoms with Crippen molar-refractivity contribution >= 4 is 27.3 Å². The molecule has 0 saturated heterocycles. The van der Waals surface area contributed by atoms with Gasteiger partial charge < -0.3 is 10.1 Å². The predicted molar refractivity (Wildman–Crippen MR) is 96.6 cm³/mol. The SMILES string of the molecule is COc1cc(S(=O)(=O)N2CCCc3ccccc32)ccc1NC(C)=O. The molecule has 1 heterocycles. The minimum Gasteiger partial charge on any atom is -0.495 e. The van der Waals surface area contributed by atoms with Gasteiger partial charge in [-0.15, -0.1) is 0 Å². The number of fused-ring (bicyclic) bond motifs is 1. The highest BCUT2D eigenvalue weighted by Crippen LogP contribution is 2.34. The molecule has 0 aromatic heterocycles. The quantitative estimate of drug-likeness (QED) is 0.910. The van der Waals surface area contributed by atoms with Crippen LogP contribution in [0.1, 0.15) is 18.9 Å². The van der Waals surface area contributed by atoms with Crippen LogP contribution < -0.4 is 14.4 Å². The summed E-state index contributed by atoms with van der Waals surface area (Å²) in [6.07, 6.45) is 1.64. The maximum absolute atomic E-state index is 13.1. The first-order chi connectivity index (χ1) is 11.9. The van der Waals surface area contributed by atoms with Crippen molar-refractivity contribution in [1.29, 1.82) is 0 Å². The molecule has 0 atom stereocenters. The van der Waals surface area contributed by atoms with Crippen LogP contribution in [0.25, 0.3) is 0 Å². The third kappa shape index (κ3) is 3.32. The largest absolute Gasteiger partial charge is 0.495 e. The lowest BCUT2D eigenvalue weighted by Crippen LogP contribution is -2.35. The number of anilines is 2. The normalized spacial score (nSPS) is 13.9. The van der Waals surface area contributed by atoms with Gasteiger partial charge >= 0.3 is 0 Å². The topological polar surface area (TPSA) is 75.7 Å². The van der Waals surface area contributed by atoms with Gasteiger partial charge in [-0.05, 0) is 36.6 Å². The van der Waals surface area contributed by atoms with Gasteiger partial charge in [0, 0.05) is 19.5 Å². The van der Waals surface area contributed by atoms with Gasteiger partial charge in [-0.25, -0.2) is 8.42 Å². The van der Waals surface area contributed by atoms with E-state index in [1.807, 2.05) is 24.3 Å². The Morgan fingerprint density at radius 2 is 1.96 bits per heavy atom. The summed E-state index contributed by atoms with van der Waals surface area (Å²) < 4.78 is 33.0. The van der Waals surface area contributed by atoms with Crippen molar-refractivity contribution in [1.82, 2.24) is 0 Å². The first kappa shape index (κ1) is 17.3. The van der Waals surface area contributed by atoms with Crippen molar-refractivity contribution in [3.05, 3.63) is 48.0 Å². The van der Waals surface area contributed by atoms with E-state index >= 15 is 0 Å². The summed E-state index contributed by atoms with van der Waals surface area (Å²) in [6.45, 7) is 1.82. The Morgan fingerprint density at radius 1 is 1.20 bits per heavy atom. The van der Waals surface area contributed by atoms with Gasteiger partial charge in [0.2, 0.25) is 5.91 Å². The average Bonchev–Trinajstić information content (AvgIpc) is 2.61. The fourth-order valence-electron chi connectivity index (χ4n) is 3.00. The maximum Gasteiger partial charge on any atom is 0.264 e. The average molecular weight is 360 g/mol. The van der Waals surface area contributed by atoms with E-state index in [0.717, 1.165) is 24.1 Å². The van der Waals surface area contributed by atoms with Crippen molar-refractivity contribution in [2.24, 2.45) is 0 Å². The first-order valence-corrected chi connectivity index (χ1v) is 9.44. The standard InChI is InChI=1S/C18H20N2O4S/c1-13(21)19-16-10-9-15(12-18(16)24-2)25(22,23)20-11-5-7-14-6-3-4-8-17(14)20/h3-4,6,8-10,12H,5,7,11H2,1-2H3,(H,19,21). The summed E-state index contributed by atoms with van der Waals surface area (Å²) in [5, 5.41) is 2.63. The third-order valence-electron chi connectivity index (χ3n) is 4.14. The zero-order chi connectivity index (χ0) is 18.0. The smallest absolute Gasteiger partial charge is 0.264 e. The van der Waals surface area contributed by atoms with Gasteiger partial charge in [-0.2, -0.15) is 0 Å². The molecule has 1 N–H and O–H groups in total. The summed E-state index contributed by atoms with van der Waals surface area (Å²) >= 11 is 0. The van der Waals surface area contributed by atoms with E-state index in [-0.39, 0.29) is 10.8 Å². The monoisotopic (exact) mass is 360 g/mol. The predicted octanol–water partition coefficient (Wildman–Crippen LogP) is 2.80. The molecule has 3 rings (SSSR count). The Hall–Kier alpha value is -2.54. The number of aryl methyl sites for hydroxylation is 1. The zero-order valence-electron chi connectivity index (χ0n) is 14.2. The molecule has 1 aliphatic rings. The second-order valence-electron chi connectivity index (χ2n) is 5.85. The van der Waals surface area contributed by atoms with Gasteiger partial charge in [-0.1, -0.05) is 18.2 Å². The highest BCUT2D eigenvalue weighted by atomic mass is 32.2. The molecule has 132 valence electrons. The number of hydrogen-bond donors (Lipinski definition) is 1. The van der Waals surface area contributed by atoms with Gasteiger partial charge in [0.25, 0.3) is 10.0 Å². The molecule has 7 heteroatoms. The molecular weight excluding hydrogens is 340 g/mol. The number of para-hydroxylation sites is 1. The number of amides is 1. The number of carbonyl (C=O) groups is 1. The summed E-state index contributed by atoms with van der Waals surface area (Å²) in [4.78, 5) is 11.4. The van der Waals surface area contributed by atoms with Crippen molar-refractivity contribution in [3.63, 3.8) is 0 Å². The van der Waals surface area contributed by atoms with Gasteiger partial charge in [-0.3, -0.25) is 9.10 Å². The lowest BCUT2D eigenvalue weighted by Gasteiger charge is -2.30. The highest BCUT2D eigenvalue weighted by molar-refractivity contribution is 7.92. The molecule has 2 aromatic carbocycles. The number of sulfonamides is 1. The molecule has 0 fully saturated rings. The number of nitrogens with one attached hydrogen (secondary N) is 1. The van der Waals surface area contributed by atoms with Crippen LogP contribution in [0.15, 0.2) is 47.4 Å². The van der Waals surface area contributed by atoms with E-state index in [1.54, 1.807) is 6.07 Å². The molecule has 0 spiro atoms. The van der Waals surface area contributed by atoms with E-state index in [4.69, 9.17) is 4.74 Å². The minimum atomic E-state index is -3.71. The lowest BCUT2D eigenvalue weighted by molar-refractivity contribution is -0.114. The molecule has 1 amide bonds. The molecule has 0 radical (unpaired) electrons. The van der Waals surface area contributed by atoms with E-state index < -0.39 is 10.0 Å². The Morgan fingerprint density at radius 3 is 2.68 bits per heavy atom. The van der Waals surface area contributed by atoms with E-state index in [1.165, 1.54) is 30.5 Å². The highest BCUT2D eigenvalue weighted by Gasteiger charge is 2.29. The van der Waals surface area contributed by atoms with Crippen LogP contribution in [-0.2, 0) is 21.2 Å². The Bertz CT molecular complexity index is 909. The van der Waals surface area contributed by atoms with Crippen LogP contribution in [-0.4, -0.2) is 28.0 Å². The van der Waals surface area contributed by atoms with Crippen molar-refractivity contribution in [3.8, 4) is 5.75 Å². The number of nitrogens with zero attached hydrogens (tertiary/aromatic N) is 1. The second kappa shape index (κ2) is 6.76. The van der Waals surface area contributed by atoms with Crippen LogP contribution in [0.4, 0.5) is 11.4 Å². The number of carbonyl (C=O) groups excluding carboxylic acids is 1. The maximum atomic E-state index is 13.1. The number of benzene rings is 2. The molecule has 25 heavy (non-hydrogen) atoms. The van der Waals surface area contributed by atoms with Gasteiger partial charge in [0.15, 0.2) is 0 Å². The molecule has 0 unspecified atom stereocenters. The van der Waals surface area contributed by atoms with Crippen LogP contribution in [0, 0.1) is 0 Å². The molecule has 2 aromatic rings. The molecule has 6 nitrogen and oxygen atoms in total. The molecule has 0 bridgehead atoms. The molecule has 1 aliphatic heterocycles. The Labute approximate surface area is 147 Å². The fraction of sp³-hybridized carbons (Fsp3) is 0.278. The lowest BCUT2D eigenvalue weighted by atomic mass is 10.0. The van der Waals surface area contributed by atoms with Gasteiger partial charge in [0.05, 0.1) is 23.4 Å². The van der Waals surface area contributed by atoms with Crippen LogP contribution in [0.3, 0.4) is 0 Å². The summed E-state index contributed by atoms with van der Waals surface area (Å²) in [7, 11) is -2.27. The van der Waals surface area contributed by atoms with Crippen molar-refractivity contribution < 1.29 is 17.9 Å². The molecule has 0 aliphatic carbocycles. The molecular formula is C18H20N2O4S. The van der Waals surface area contributed by atoms with Gasteiger partial charge in [0.1, 0.15) is 5.75 Å². The summed E-state index contributed by atoms with van der Waals surface area (Å²) in [6, 6.07) is 12.0. The van der Waals surface area contributed by atoms with Crippen LogP contribution in [0.2, 0.25) is 0 Å². The first-order valence-electron chi connectivity index (χ1n) is 8.00. The zero-order valence-corrected chi connectivity index (χ0v) is 15.0. The number of methoxy groups -OCH3 is 1. The number of hydrogen-bond acceptors (Lipinski definition) is 4. The number of ether oxygens (including phenoxy) is 1. The molecule has 0 saturated carbocycles. The van der Waals surface area contributed by atoms with Crippen LogP contribution >= 0.6 is 0 Å². The van der Waals surface area contributed by atoms with E-state index in [0.29, 0.717) is 18.0 Å². The summed E-state index contributed by atoms with van der Waals surface area (Å²) in [5.74, 6) is 0.0560. The van der Waals surface area contributed by atoms with Crippen molar-refractivity contribution in [2.45, 2.75) is 24.7 Å². The Balaban J connectivity index is 2.03. The van der Waals surface area contributed by atoms with E-state index in [9.17, 15) is 13.2 Å². The third-order valence-corrected chi connectivity index (χ3v) is 5.95. The van der Waals surface area contributed by atoms with Crippen molar-refractivity contribution in [2.75, 3.05) is 23.3 Å². The number of rotatable bonds is 4. The second-order valence-corrected chi connectivity index (χ2v) is 7.72. The minimum absolute atomic E-state index is 0.134. The van der Waals surface area contributed by atoms with Crippen LogP contribution in [0.5, 0.6) is 5.75 Å². The fourth-order valence-corrected chi connectivity index (χ4v) is 4.56. The Kier molecular flexibility index (Phi) is 4.67. The van der Waals surface area contributed by atoms with E-state index in [2.05, 4.69) is 5.32 Å². The summed E-state index contributed by atoms with van der Waals surface area (Å²) in [5.41, 5.74) is 2.19.